The van der Waals surface area contributed by atoms with Gasteiger partial charge in [0.2, 0.25) is 5.95 Å². The fourth-order valence-electron chi connectivity index (χ4n) is 2.77. The maximum Gasteiger partial charge on any atom is 0.251 e. The molecule has 1 amide bonds. The summed E-state index contributed by atoms with van der Waals surface area (Å²) >= 11 is 0. The van der Waals surface area contributed by atoms with Gasteiger partial charge in [-0.1, -0.05) is 18.2 Å². The van der Waals surface area contributed by atoms with Crippen LogP contribution in [0.1, 0.15) is 15.9 Å². The molecule has 3 N–H and O–H groups in total. The zero-order valence-electron chi connectivity index (χ0n) is 13.8. The molecule has 0 fully saturated rings. The van der Waals surface area contributed by atoms with E-state index in [-0.39, 0.29) is 11.9 Å². The summed E-state index contributed by atoms with van der Waals surface area (Å²) in [6, 6.07) is 13.1. The lowest BCUT2D eigenvalue weighted by Gasteiger charge is -2.08. The number of nitrogens with zero attached hydrogens (tertiary/aromatic N) is 4. The second kappa shape index (κ2) is 6.64. The summed E-state index contributed by atoms with van der Waals surface area (Å²) in [5, 5.41) is 7.15. The average molecular weight is 344 g/mol. The second-order valence-corrected chi connectivity index (χ2v) is 5.79. The molecule has 7 nitrogen and oxygen atoms in total. The fraction of sp³-hybridized carbons (Fsp3) is 0.0526. The zero-order chi connectivity index (χ0) is 17.9. The molecule has 3 heterocycles. The molecule has 0 saturated carbocycles. The van der Waals surface area contributed by atoms with E-state index >= 15 is 0 Å². The minimum absolute atomic E-state index is 0.148. The highest BCUT2D eigenvalue weighted by Crippen LogP contribution is 2.19. The summed E-state index contributed by atoms with van der Waals surface area (Å²) in [4.78, 5) is 20.5. The van der Waals surface area contributed by atoms with Gasteiger partial charge in [0.1, 0.15) is 0 Å². The predicted molar refractivity (Wildman–Crippen MR) is 98.2 cm³/mol. The molecule has 7 heteroatoms. The highest BCUT2D eigenvalue weighted by Gasteiger charge is 2.09. The van der Waals surface area contributed by atoms with Gasteiger partial charge in [-0.05, 0) is 35.4 Å². The Morgan fingerprint density at radius 1 is 1.08 bits per heavy atom. The van der Waals surface area contributed by atoms with Gasteiger partial charge < -0.3 is 11.1 Å². The van der Waals surface area contributed by atoms with Crippen LogP contribution in [0.25, 0.3) is 16.6 Å². The third kappa shape index (κ3) is 3.10. The van der Waals surface area contributed by atoms with Crippen molar-refractivity contribution in [3.8, 4) is 11.1 Å². The van der Waals surface area contributed by atoms with Gasteiger partial charge in [-0.15, -0.1) is 0 Å². The Morgan fingerprint density at radius 2 is 1.92 bits per heavy atom. The molecule has 0 aliphatic heterocycles. The molecule has 26 heavy (non-hydrogen) atoms. The number of rotatable bonds is 4. The smallest absolute Gasteiger partial charge is 0.251 e. The van der Waals surface area contributed by atoms with Crippen molar-refractivity contribution in [2.75, 3.05) is 5.73 Å². The molecule has 0 aliphatic carbocycles. The van der Waals surface area contributed by atoms with Crippen LogP contribution in [0, 0.1) is 0 Å². The molecule has 4 rings (SSSR count). The van der Waals surface area contributed by atoms with Crippen LogP contribution in [0.2, 0.25) is 0 Å². The maximum atomic E-state index is 12.5. The number of fused-ring (bicyclic) bond motifs is 1. The van der Waals surface area contributed by atoms with E-state index < -0.39 is 0 Å². The number of nitrogens with two attached hydrogens (primary N) is 1. The fourth-order valence-corrected chi connectivity index (χ4v) is 2.77. The molecule has 0 bridgehead atoms. The lowest BCUT2D eigenvalue weighted by molar-refractivity contribution is 0.0951. The minimum Gasteiger partial charge on any atom is -0.368 e. The number of carbonyl (C=O) groups excluding carboxylic acids is 1. The summed E-state index contributed by atoms with van der Waals surface area (Å²) in [6.45, 7) is 0.421. The first kappa shape index (κ1) is 15.8. The molecule has 0 spiro atoms. The van der Waals surface area contributed by atoms with Gasteiger partial charge in [-0.3, -0.25) is 4.79 Å². The lowest BCUT2D eigenvalue weighted by atomic mass is 10.1. The van der Waals surface area contributed by atoms with E-state index in [1.54, 1.807) is 29.2 Å². The zero-order valence-corrected chi connectivity index (χ0v) is 13.8. The SMILES string of the molecule is Nc1ncc(-c2cccc(C(=O)NCc3cccn4nccc34)c2)cn1. The first-order chi connectivity index (χ1) is 12.7. The van der Waals surface area contributed by atoms with E-state index in [1.165, 1.54) is 0 Å². The lowest BCUT2D eigenvalue weighted by Crippen LogP contribution is -2.23. The molecule has 128 valence electrons. The first-order valence-corrected chi connectivity index (χ1v) is 8.08. The molecule has 0 radical (unpaired) electrons. The summed E-state index contributed by atoms with van der Waals surface area (Å²) < 4.78 is 1.78. The van der Waals surface area contributed by atoms with Crippen LogP contribution in [0.5, 0.6) is 0 Å². The Labute approximate surface area is 149 Å². The number of nitrogens with one attached hydrogen (secondary N) is 1. The number of pyridine rings is 1. The molecular weight excluding hydrogens is 328 g/mol. The van der Waals surface area contributed by atoms with E-state index in [9.17, 15) is 4.79 Å². The molecule has 1 aromatic carbocycles. The van der Waals surface area contributed by atoms with Crippen LogP contribution in [-0.2, 0) is 6.54 Å². The van der Waals surface area contributed by atoms with Crippen LogP contribution in [0.3, 0.4) is 0 Å². The number of hydrogen-bond donors (Lipinski definition) is 2. The number of carbonyl (C=O) groups is 1. The molecular formula is C19H16N6O. The number of benzene rings is 1. The van der Waals surface area contributed by atoms with Gasteiger partial charge in [-0.2, -0.15) is 5.10 Å². The quantitative estimate of drug-likeness (QED) is 0.592. The van der Waals surface area contributed by atoms with Gasteiger partial charge >= 0.3 is 0 Å². The second-order valence-electron chi connectivity index (χ2n) is 5.79. The van der Waals surface area contributed by atoms with Crippen molar-refractivity contribution < 1.29 is 4.79 Å². The number of nitrogen functional groups attached to an aromatic ring is 1. The molecule has 3 aromatic heterocycles. The Morgan fingerprint density at radius 3 is 2.77 bits per heavy atom. The largest absolute Gasteiger partial charge is 0.368 e. The maximum absolute atomic E-state index is 12.5. The molecule has 0 atom stereocenters. The molecule has 0 unspecified atom stereocenters. The summed E-state index contributed by atoms with van der Waals surface area (Å²) in [7, 11) is 0. The van der Waals surface area contributed by atoms with Crippen molar-refractivity contribution in [3.05, 3.63) is 78.4 Å². The van der Waals surface area contributed by atoms with Gasteiger partial charge in [0.15, 0.2) is 0 Å². The van der Waals surface area contributed by atoms with Crippen molar-refractivity contribution in [2.24, 2.45) is 0 Å². The number of amides is 1. The molecule has 0 saturated heterocycles. The van der Waals surface area contributed by atoms with Crippen LogP contribution >= 0.6 is 0 Å². The van der Waals surface area contributed by atoms with Crippen molar-refractivity contribution in [1.82, 2.24) is 24.9 Å². The Kier molecular flexibility index (Phi) is 4.03. The summed E-state index contributed by atoms with van der Waals surface area (Å²) in [5.41, 5.74) is 9.72. The predicted octanol–water partition coefficient (Wildman–Crippen LogP) is 2.30. The molecule has 0 aliphatic rings. The number of anilines is 1. The number of hydrogen-bond acceptors (Lipinski definition) is 5. The Bertz CT molecular complexity index is 1070. The van der Waals surface area contributed by atoms with Crippen molar-refractivity contribution in [3.63, 3.8) is 0 Å². The van der Waals surface area contributed by atoms with E-state index in [0.717, 1.165) is 22.2 Å². The highest BCUT2D eigenvalue weighted by molar-refractivity contribution is 5.95. The standard InChI is InChI=1S/C19H16N6O/c20-19-22-11-16(12-23-19)13-3-1-4-14(9-13)18(26)21-10-15-5-2-8-25-17(15)6-7-24-25/h1-9,11-12H,10H2,(H,21,26)(H2,20,22,23). The average Bonchev–Trinajstić information content (AvgIpc) is 3.16. The third-order valence-corrected chi connectivity index (χ3v) is 4.09. The molecule has 4 aromatic rings. The van der Waals surface area contributed by atoms with E-state index in [1.807, 2.05) is 42.6 Å². The Hall–Kier alpha value is -3.74. The van der Waals surface area contributed by atoms with E-state index in [4.69, 9.17) is 5.73 Å². The normalized spacial score (nSPS) is 10.8. The van der Waals surface area contributed by atoms with Gasteiger partial charge in [-0.25, -0.2) is 14.5 Å². The van der Waals surface area contributed by atoms with Crippen LogP contribution in [-0.4, -0.2) is 25.5 Å². The third-order valence-electron chi connectivity index (χ3n) is 4.09. The van der Waals surface area contributed by atoms with E-state index in [2.05, 4.69) is 20.4 Å². The van der Waals surface area contributed by atoms with Gasteiger partial charge in [0.25, 0.3) is 5.91 Å². The summed E-state index contributed by atoms with van der Waals surface area (Å²) in [6.07, 6.45) is 6.89. The topological polar surface area (TPSA) is 98.2 Å². The van der Waals surface area contributed by atoms with E-state index in [0.29, 0.717) is 12.1 Å². The summed E-state index contributed by atoms with van der Waals surface area (Å²) in [5.74, 6) is 0.0708. The number of aromatic nitrogens is 4. The van der Waals surface area contributed by atoms with Crippen LogP contribution in [0.15, 0.2) is 67.3 Å². The minimum atomic E-state index is -0.148. The van der Waals surface area contributed by atoms with Crippen LogP contribution in [0.4, 0.5) is 5.95 Å². The van der Waals surface area contributed by atoms with Gasteiger partial charge in [0.05, 0.1) is 5.52 Å². The monoisotopic (exact) mass is 344 g/mol. The van der Waals surface area contributed by atoms with Crippen molar-refractivity contribution >= 4 is 17.4 Å². The Balaban J connectivity index is 1.52. The van der Waals surface area contributed by atoms with Crippen molar-refractivity contribution in [1.29, 1.82) is 0 Å². The van der Waals surface area contributed by atoms with Crippen molar-refractivity contribution in [2.45, 2.75) is 6.54 Å². The first-order valence-electron chi connectivity index (χ1n) is 8.08. The van der Waals surface area contributed by atoms with Gasteiger partial charge in [0, 0.05) is 42.5 Å². The highest BCUT2D eigenvalue weighted by atomic mass is 16.1. The van der Waals surface area contributed by atoms with Crippen LogP contribution < -0.4 is 11.1 Å².